The summed E-state index contributed by atoms with van der Waals surface area (Å²) in [6.07, 6.45) is 4.97. The Bertz CT molecular complexity index is 522. The highest BCUT2D eigenvalue weighted by atomic mass is 35.5. The number of halogens is 1. The summed E-state index contributed by atoms with van der Waals surface area (Å²) in [5.74, 6) is 0. The van der Waals surface area contributed by atoms with Crippen LogP contribution >= 0.6 is 11.6 Å². The molecule has 0 N–H and O–H groups in total. The molecule has 0 radical (unpaired) electrons. The summed E-state index contributed by atoms with van der Waals surface area (Å²) in [6.45, 7) is 3.01. The smallest absolute Gasteiger partial charge is 0.175 e. The van der Waals surface area contributed by atoms with E-state index in [1.54, 1.807) is 12.1 Å². The second kappa shape index (κ2) is 5.59. The molecule has 0 bridgehead atoms. The number of benzene rings is 1. The van der Waals surface area contributed by atoms with Gasteiger partial charge in [0.2, 0.25) is 0 Å². The van der Waals surface area contributed by atoms with E-state index in [-0.39, 0.29) is 4.90 Å². The molecule has 0 aromatic heterocycles. The van der Waals surface area contributed by atoms with Crippen molar-refractivity contribution in [3.8, 4) is 0 Å². The van der Waals surface area contributed by atoms with Crippen molar-refractivity contribution >= 4 is 21.4 Å². The van der Waals surface area contributed by atoms with Crippen LogP contribution in [-0.2, 0) is 16.4 Å². The molecule has 1 aliphatic heterocycles. The summed E-state index contributed by atoms with van der Waals surface area (Å²) in [7, 11) is -3.17. The second-order valence-electron chi connectivity index (χ2n) is 4.86. The summed E-state index contributed by atoms with van der Waals surface area (Å²) in [5, 5.41) is 0.545. The lowest BCUT2D eigenvalue weighted by atomic mass is 10.1. The van der Waals surface area contributed by atoms with Crippen molar-refractivity contribution in [2.24, 2.45) is 0 Å². The summed E-state index contributed by atoms with van der Waals surface area (Å²) in [6, 6.07) is 5.02. The molecular formula is C13H18ClNO2S. The topological polar surface area (TPSA) is 37.4 Å². The number of hydrogen-bond acceptors (Lipinski definition) is 3. The molecule has 100 valence electrons. The van der Waals surface area contributed by atoms with Crippen molar-refractivity contribution in [3.05, 3.63) is 28.8 Å². The average molecular weight is 288 g/mol. The van der Waals surface area contributed by atoms with E-state index in [0.29, 0.717) is 5.02 Å². The Morgan fingerprint density at radius 1 is 1.22 bits per heavy atom. The van der Waals surface area contributed by atoms with Crippen LogP contribution < -0.4 is 0 Å². The van der Waals surface area contributed by atoms with Gasteiger partial charge in [0.05, 0.1) is 4.90 Å². The maximum atomic E-state index is 11.4. The van der Waals surface area contributed by atoms with Gasteiger partial charge in [-0.3, -0.25) is 4.90 Å². The van der Waals surface area contributed by atoms with Gasteiger partial charge in [-0.1, -0.05) is 24.1 Å². The number of rotatable bonds is 3. The zero-order chi connectivity index (χ0) is 13.2. The molecule has 18 heavy (non-hydrogen) atoms. The fourth-order valence-electron chi connectivity index (χ4n) is 2.25. The lowest BCUT2D eigenvalue weighted by Crippen LogP contribution is -2.29. The van der Waals surface area contributed by atoms with Gasteiger partial charge in [0.15, 0.2) is 9.84 Å². The van der Waals surface area contributed by atoms with Gasteiger partial charge in [-0.15, -0.1) is 0 Å². The van der Waals surface area contributed by atoms with E-state index >= 15 is 0 Å². The number of piperidine rings is 1. The largest absolute Gasteiger partial charge is 0.299 e. The number of hydrogen-bond donors (Lipinski definition) is 0. The highest BCUT2D eigenvalue weighted by Crippen LogP contribution is 2.23. The second-order valence-corrected chi connectivity index (χ2v) is 7.29. The first-order valence-corrected chi connectivity index (χ1v) is 8.44. The first kappa shape index (κ1) is 13.8. The van der Waals surface area contributed by atoms with Crippen LogP contribution in [0, 0.1) is 0 Å². The molecule has 1 saturated heterocycles. The van der Waals surface area contributed by atoms with Gasteiger partial charge < -0.3 is 0 Å². The highest BCUT2D eigenvalue weighted by Gasteiger charge is 2.14. The molecule has 1 fully saturated rings. The molecule has 0 saturated carbocycles. The monoisotopic (exact) mass is 287 g/mol. The van der Waals surface area contributed by atoms with Crippen LogP contribution in [0.2, 0.25) is 5.02 Å². The molecule has 1 aromatic rings. The zero-order valence-corrected chi connectivity index (χ0v) is 12.1. The van der Waals surface area contributed by atoms with Crippen LogP contribution in [0.25, 0.3) is 0 Å². The van der Waals surface area contributed by atoms with Crippen molar-refractivity contribution in [3.63, 3.8) is 0 Å². The molecule has 0 amide bonds. The van der Waals surface area contributed by atoms with Gasteiger partial charge in [0.25, 0.3) is 0 Å². The Labute approximate surface area is 114 Å². The van der Waals surface area contributed by atoms with Gasteiger partial charge in [-0.25, -0.2) is 8.42 Å². The van der Waals surface area contributed by atoms with Crippen molar-refractivity contribution in [1.82, 2.24) is 4.90 Å². The first-order chi connectivity index (χ1) is 8.47. The van der Waals surface area contributed by atoms with Gasteiger partial charge in [-0.2, -0.15) is 0 Å². The third-order valence-electron chi connectivity index (χ3n) is 3.30. The Balaban J connectivity index is 2.14. The summed E-state index contributed by atoms with van der Waals surface area (Å²) in [5.41, 5.74) is 1.01. The van der Waals surface area contributed by atoms with Crippen molar-refractivity contribution in [1.29, 1.82) is 0 Å². The molecule has 1 aliphatic rings. The standard InChI is InChI=1S/C13H18ClNO2S/c1-18(16,17)12-6-5-11(13(14)9-12)10-15-7-3-2-4-8-15/h5-6,9H,2-4,7-8,10H2,1H3. The van der Waals surface area contributed by atoms with E-state index in [1.807, 2.05) is 6.07 Å². The quantitative estimate of drug-likeness (QED) is 0.858. The van der Waals surface area contributed by atoms with E-state index < -0.39 is 9.84 Å². The van der Waals surface area contributed by atoms with Gasteiger partial charge >= 0.3 is 0 Å². The fourth-order valence-corrected chi connectivity index (χ4v) is 3.20. The van der Waals surface area contributed by atoms with Crippen LogP contribution in [0.1, 0.15) is 24.8 Å². The van der Waals surface area contributed by atoms with Crippen LogP contribution in [0.5, 0.6) is 0 Å². The predicted molar refractivity (Wildman–Crippen MR) is 73.7 cm³/mol. The lowest BCUT2D eigenvalue weighted by Gasteiger charge is -2.26. The molecule has 0 spiro atoms. The van der Waals surface area contributed by atoms with Crippen molar-refractivity contribution in [2.45, 2.75) is 30.7 Å². The number of likely N-dealkylation sites (tertiary alicyclic amines) is 1. The van der Waals surface area contributed by atoms with Crippen LogP contribution in [-0.4, -0.2) is 32.7 Å². The van der Waals surface area contributed by atoms with Crippen molar-refractivity contribution in [2.75, 3.05) is 19.3 Å². The maximum absolute atomic E-state index is 11.4. The Kier molecular flexibility index (Phi) is 4.30. The summed E-state index contributed by atoms with van der Waals surface area (Å²) < 4.78 is 22.8. The normalized spacial score (nSPS) is 17.9. The number of nitrogens with zero attached hydrogens (tertiary/aromatic N) is 1. The average Bonchev–Trinajstić information content (AvgIpc) is 2.32. The molecule has 5 heteroatoms. The van der Waals surface area contributed by atoms with Crippen LogP contribution in [0.3, 0.4) is 0 Å². The molecule has 0 unspecified atom stereocenters. The van der Waals surface area contributed by atoms with Crippen LogP contribution in [0.15, 0.2) is 23.1 Å². The Morgan fingerprint density at radius 2 is 1.89 bits per heavy atom. The van der Waals surface area contributed by atoms with Gasteiger partial charge in [0.1, 0.15) is 0 Å². The van der Waals surface area contributed by atoms with Gasteiger partial charge in [0, 0.05) is 17.8 Å². The highest BCUT2D eigenvalue weighted by molar-refractivity contribution is 7.90. The molecule has 0 aliphatic carbocycles. The SMILES string of the molecule is CS(=O)(=O)c1ccc(CN2CCCCC2)c(Cl)c1. The molecule has 1 aromatic carbocycles. The third kappa shape index (κ3) is 3.46. The third-order valence-corrected chi connectivity index (χ3v) is 4.76. The molecular weight excluding hydrogens is 270 g/mol. The fraction of sp³-hybridized carbons (Fsp3) is 0.538. The zero-order valence-electron chi connectivity index (χ0n) is 10.5. The predicted octanol–water partition coefficient (Wildman–Crippen LogP) is 2.73. The minimum Gasteiger partial charge on any atom is -0.299 e. The van der Waals surface area contributed by atoms with Gasteiger partial charge in [-0.05, 0) is 43.6 Å². The van der Waals surface area contributed by atoms with Crippen molar-refractivity contribution < 1.29 is 8.42 Å². The van der Waals surface area contributed by atoms with E-state index in [2.05, 4.69) is 4.90 Å². The molecule has 1 heterocycles. The molecule has 3 nitrogen and oxygen atoms in total. The Hall–Kier alpha value is -0.580. The summed E-state index contributed by atoms with van der Waals surface area (Å²) in [4.78, 5) is 2.65. The number of sulfone groups is 1. The minimum atomic E-state index is -3.17. The van der Waals surface area contributed by atoms with E-state index in [4.69, 9.17) is 11.6 Å². The minimum absolute atomic E-state index is 0.287. The van der Waals surface area contributed by atoms with E-state index in [9.17, 15) is 8.42 Å². The molecule has 2 rings (SSSR count). The molecule has 0 atom stereocenters. The van der Waals surface area contributed by atoms with Crippen LogP contribution in [0.4, 0.5) is 0 Å². The van der Waals surface area contributed by atoms with E-state index in [1.165, 1.54) is 25.5 Å². The maximum Gasteiger partial charge on any atom is 0.175 e. The first-order valence-electron chi connectivity index (χ1n) is 6.17. The summed E-state index contributed by atoms with van der Waals surface area (Å²) >= 11 is 6.16. The lowest BCUT2D eigenvalue weighted by molar-refractivity contribution is 0.221. The Morgan fingerprint density at radius 3 is 2.44 bits per heavy atom. The van der Waals surface area contributed by atoms with E-state index in [0.717, 1.165) is 25.2 Å².